The molecule has 6 nitrogen and oxygen atoms in total. The normalized spacial score (nSPS) is 9.83. The van der Waals surface area contributed by atoms with E-state index in [1.165, 1.54) is 7.11 Å². The van der Waals surface area contributed by atoms with Crippen molar-refractivity contribution in [1.29, 1.82) is 5.41 Å². The predicted octanol–water partition coefficient (Wildman–Crippen LogP) is 1.23. The van der Waals surface area contributed by atoms with Gasteiger partial charge in [0.15, 0.2) is 17.7 Å². The third-order valence-corrected chi connectivity index (χ3v) is 3.07. The summed E-state index contributed by atoms with van der Waals surface area (Å²) in [4.78, 5) is 7.93. The highest BCUT2D eigenvalue weighted by Gasteiger charge is 1.99. The number of ether oxygens (including phenoxy) is 1. The second kappa shape index (κ2) is 7.54. The maximum Gasteiger partial charge on any atom is 0.192 e. The fraction of sp³-hybridized carbons (Fsp3) is 0.364. The summed E-state index contributed by atoms with van der Waals surface area (Å²) in [5.41, 5.74) is 11.7. The van der Waals surface area contributed by atoms with Gasteiger partial charge in [0.1, 0.15) is 0 Å². The number of aromatic nitrogens is 1. The average molecular weight is 267 g/mol. The van der Waals surface area contributed by atoms with E-state index >= 15 is 0 Å². The molecule has 1 aromatic rings. The molecule has 18 heavy (non-hydrogen) atoms. The highest BCUT2D eigenvalue weighted by atomic mass is 32.2. The quantitative estimate of drug-likeness (QED) is 0.408. The monoisotopic (exact) mass is 267 g/mol. The second-order valence-electron chi connectivity index (χ2n) is 3.49. The van der Waals surface area contributed by atoms with Crippen LogP contribution in [0.2, 0.25) is 0 Å². The maximum atomic E-state index is 7.34. The first kappa shape index (κ1) is 14.3. The number of aliphatic imine (C=N–C) groups is 1. The minimum atomic E-state index is 0.000783. The molecule has 7 heteroatoms. The molecule has 0 amide bonds. The third-order valence-electron chi connectivity index (χ3n) is 2.04. The molecule has 0 fully saturated rings. The number of guanidine groups is 1. The Balaban J connectivity index is 2.43. The van der Waals surface area contributed by atoms with Crippen molar-refractivity contribution < 1.29 is 4.74 Å². The Labute approximate surface area is 110 Å². The zero-order valence-electron chi connectivity index (χ0n) is 10.2. The van der Waals surface area contributed by atoms with E-state index in [0.717, 1.165) is 17.1 Å². The number of nitrogens with two attached hydrogens (primary N) is 2. The molecule has 0 aliphatic heterocycles. The first-order valence-corrected chi connectivity index (χ1v) is 6.51. The SMILES string of the molecule is COC(=N)CCSCc1ccnc(N=C(N)N)c1. The summed E-state index contributed by atoms with van der Waals surface area (Å²) in [6.07, 6.45) is 2.31. The van der Waals surface area contributed by atoms with Crippen molar-refractivity contribution in [2.45, 2.75) is 12.2 Å². The van der Waals surface area contributed by atoms with Crippen molar-refractivity contribution in [3.63, 3.8) is 0 Å². The summed E-state index contributed by atoms with van der Waals surface area (Å²) >= 11 is 1.72. The van der Waals surface area contributed by atoms with Crippen LogP contribution in [0.4, 0.5) is 5.82 Å². The van der Waals surface area contributed by atoms with Crippen LogP contribution in [-0.2, 0) is 10.5 Å². The highest BCUT2D eigenvalue weighted by molar-refractivity contribution is 7.98. The van der Waals surface area contributed by atoms with Gasteiger partial charge in [0, 0.05) is 24.1 Å². The van der Waals surface area contributed by atoms with Gasteiger partial charge in [-0.3, -0.25) is 5.41 Å². The number of methoxy groups -OCH3 is 1. The van der Waals surface area contributed by atoms with Crippen LogP contribution in [0.5, 0.6) is 0 Å². The second-order valence-corrected chi connectivity index (χ2v) is 4.59. The minimum Gasteiger partial charge on any atom is -0.484 e. The van der Waals surface area contributed by atoms with E-state index in [-0.39, 0.29) is 5.96 Å². The zero-order valence-corrected chi connectivity index (χ0v) is 11.0. The summed E-state index contributed by atoms with van der Waals surface area (Å²) < 4.78 is 4.78. The number of thioether (sulfide) groups is 1. The van der Waals surface area contributed by atoms with Gasteiger partial charge in [-0.05, 0) is 17.7 Å². The summed E-state index contributed by atoms with van der Waals surface area (Å²) in [5.74, 6) is 2.48. The molecule has 0 saturated heterocycles. The Morgan fingerprint density at radius 3 is 3.00 bits per heavy atom. The zero-order chi connectivity index (χ0) is 13.4. The number of hydrogen-bond acceptors (Lipinski definition) is 5. The first-order valence-electron chi connectivity index (χ1n) is 5.35. The molecule has 1 rings (SSSR count). The Bertz CT molecular complexity index is 431. The van der Waals surface area contributed by atoms with E-state index in [1.807, 2.05) is 12.1 Å². The fourth-order valence-electron chi connectivity index (χ4n) is 1.20. The number of nitrogens with zero attached hydrogens (tertiary/aromatic N) is 2. The lowest BCUT2D eigenvalue weighted by molar-refractivity contribution is 0.389. The third kappa shape index (κ3) is 5.53. The van der Waals surface area contributed by atoms with Crippen LogP contribution in [0.15, 0.2) is 23.3 Å². The van der Waals surface area contributed by atoms with E-state index in [9.17, 15) is 0 Å². The molecular weight excluding hydrogens is 250 g/mol. The topological polar surface area (TPSA) is 110 Å². The molecule has 0 aliphatic carbocycles. The first-order chi connectivity index (χ1) is 8.61. The Hall–Kier alpha value is -1.76. The van der Waals surface area contributed by atoms with Crippen LogP contribution in [0, 0.1) is 5.41 Å². The molecule has 0 saturated carbocycles. The van der Waals surface area contributed by atoms with Gasteiger partial charge in [0.25, 0.3) is 0 Å². The smallest absolute Gasteiger partial charge is 0.192 e. The summed E-state index contributed by atoms with van der Waals surface area (Å²) in [7, 11) is 1.51. The van der Waals surface area contributed by atoms with Crippen LogP contribution >= 0.6 is 11.8 Å². The van der Waals surface area contributed by atoms with Gasteiger partial charge in [-0.25, -0.2) is 4.98 Å². The van der Waals surface area contributed by atoms with Gasteiger partial charge in [-0.15, -0.1) is 0 Å². The molecular formula is C11H17N5OS. The van der Waals surface area contributed by atoms with Crippen molar-refractivity contribution >= 4 is 29.4 Å². The molecule has 0 unspecified atom stereocenters. The molecule has 0 aromatic carbocycles. The van der Waals surface area contributed by atoms with Crippen molar-refractivity contribution in [2.75, 3.05) is 12.9 Å². The van der Waals surface area contributed by atoms with Crippen LogP contribution in [0.3, 0.4) is 0 Å². The molecule has 0 radical (unpaired) electrons. The molecule has 1 aromatic heterocycles. The van der Waals surface area contributed by atoms with Crippen LogP contribution < -0.4 is 11.5 Å². The van der Waals surface area contributed by atoms with Crippen molar-refractivity contribution in [1.82, 2.24) is 4.98 Å². The lowest BCUT2D eigenvalue weighted by atomic mass is 10.3. The van der Waals surface area contributed by atoms with Gasteiger partial charge >= 0.3 is 0 Å². The summed E-state index contributed by atoms with van der Waals surface area (Å²) in [5, 5.41) is 7.34. The van der Waals surface area contributed by atoms with E-state index in [2.05, 4.69) is 9.98 Å². The fourth-order valence-corrected chi connectivity index (χ4v) is 2.09. The van der Waals surface area contributed by atoms with Gasteiger partial charge in [-0.2, -0.15) is 16.8 Å². The van der Waals surface area contributed by atoms with Crippen molar-refractivity contribution in [3.8, 4) is 0 Å². The Morgan fingerprint density at radius 2 is 2.33 bits per heavy atom. The summed E-state index contributed by atoms with van der Waals surface area (Å²) in [6.45, 7) is 0. The molecule has 0 spiro atoms. The Kier molecular flexibility index (Phi) is 5.99. The lowest BCUT2D eigenvalue weighted by Crippen LogP contribution is -2.22. The number of nitrogens with one attached hydrogen (secondary N) is 1. The minimum absolute atomic E-state index is 0.000783. The van der Waals surface area contributed by atoms with E-state index in [0.29, 0.717) is 18.1 Å². The van der Waals surface area contributed by atoms with Crippen molar-refractivity contribution in [3.05, 3.63) is 23.9 Å². The van der Waals surface area contributed by atoms with E-state index in [1.54, 1.807) is 18.0 Å². The number of rotatable bonds is 6. The molecule has 1 heterocycles. The maximum absolute atomic E-state index is 7.34. The van der Waals surface area contributed by atoms with Crippen LogP contribution in [-0.4, -0.2) is 29.7 Å². The van der Waals surface area contributed by atoms with Crippen LogP contribution in [0.1, 0.15) is 12.0 Å². The average Bonchev–Trinajstić information content (AvgIpc) is 2.34. The molecule has 98 valence electrons. The predicted molar refractivity (Wildman–Crippen MR) is 75.2 cm³/mol. The molecule has 0 atom stereocenters. The van der Waals surface area contributed by atoms with Gasteiger partial charge in [0.05, 0.1) is 7.11 Å². The van der Waals surface area contributed by atoms with E-state index < -0.39 is 0 Å². The van der Waals surface area contributed by atoms with Crippen LogP contribution in [0.25, 0.3) is 0 Å². The van der Waals surface area contributed by atoms with Gasteiger partial charge in [0.2, 0.25) is 0 Å². The van der Waals surface area contributed by atoms with Crippen molar-refractivity contribution in [2.24, 2.45) is 16.5 Å². The Morgan fingerprint density at radius 1 is 1.56 bits per heavy atom. The molecule has 0 aliphatic rings. The number of pyridine rings is 1. The van der Waals surface area contributed by atoms with Gasteiger partial charge < -0.3 is 16.2 Å². The highest BCUT2D eigenvalue weighted by Crippen LogP contribution is 2.16. The number of hydrogen-bond donors (Lipinski definition) is 3. The molecule has 0 bridgehead atoms. The summed E-state index contributed by atoms with van der Waals surface area (Å²) in [6, 6.07) is 3.76. The largest absolute Gasteiger partial charge is 0.484 e. The molecule has 5 N–H and O–H groups in total. The standard InChI is InChI=1S/C11H17N5OS/c1-17-9(12)3-5-18-7-8-2-4-15-10(6-8)16-11(13)14/h2,4,6,12H,3,5,7H2,1H3,(H4,13,14,15,16). The lowest BCUT2D eigenvalue weighted by Gasteiger charge is -2.03. The van der Waals surface area contributed by atoms with E-state index in [4.69, 9.17) is 21.6 Å². The van der Waals surface area contributed by atoms with Gasteiger partial charge in [-0.1, -0.05) is 0 Å².